The predicted molar refractivity (Wildman–Crippen MR) is 94.9 cm³/mol. The standard InChI is InChI=1S/C20H18N2O3/c1-20(2,3)14-6-7-22-16(8-13(11-21)17(22)10-14)12-4-5-15(19(24)25)18(23)9-12/h4-10,23H,1-3H3,(H,24,25). The summed E-state index contributed by atoms with van der Waals surface area (Å²) in [6, 6.07) is 12.3. The van der Waals surface area contributed by atoms with E-state index >= 15 is 0 Å². The molecular weight excluding hydrogens is 316 g/mol. The van der Waals surface area contributed by atoms with Crippen LogP contribution in [0.5, 0.6) is 5.75 Å². The van der Waals surface area contributed by atoms with Gasteiger partial charge in [0.2, 0.25) is 0 Å². The Morgan fingerprint density at radius 1 is 1.16 bits per heavy atom. The summed E-state index contributed by atoms with van der Waals surface area (Å²) in [5.41, 5.74) is 3.60. The van der Waals surface area contributed by atoms with Crippen molar-refractivity contribution in [3.05, 3.63) is 59.3 Å². The molecule has 0 atom stereocenters. The maximum absolute atomic E-state index is 11.1. The average Bonchev–Trinajstić information content (AvgIpc) is 2.91. The summed E-state index contributed by atoms with van der Waals surface area (Å²) in [5, 5.41) is 28.5. The Balaban J connectivity index is 2.23. The van der Waals surface area contributed by atoms with Crippen molar-refractivity contribution in [2.75, 3.05) is 0 Å². The average molecular weight is 334 g/mol. The number of rotatable bonds is 2. The third-order valence-electron chi connectivity index (χ3n) is 4.28. The van der Waals surface area contributed by atoms with E-state index in [-0.39, 0.29) is 16.7 Å². The number of carbonyl (C=O) groups is 1. The quantitative estimate of drug-likeness (QED) is 0.736. The van der Waals surface area contributed by atoms with Crippen molar-refractivity contribution in [3.8, 4) is 23.1 Å². The first kappa shape index (κ1) is 16.6. The zero-order chi connectivity index (χ0) is 18.4. The molecular formula is C20H18N2O3. The Hall–Kier alpha value is -3.26. The zero-order valence-corrected chi connectivity index (χ0v) is 14.2. The van der Waals surface area contributed by atoms with Gasteiger partial charge in [-0.05, 0) is 41.3 Å². The number of hydrogen-bond donors (Lipinski definition) is 2. The number of nitrogens with zero attached hydrogens (tertiary/aromatic N) is 2. The molecule has 1 aromatic carbocycles. The van der Waals surface area contributed by atoms with E-state index in [0.717, 1.165) is 16.8 Å². The highest BCUT2D eigenvalue weighted by Gasteiger charge is 2.18. The normalized spacial score (nSPS) is 11.4. The second-order valence-electron chi connectivity index (χ2n) is 7.01. The SMILES string of the molecule is CC(C)(C)c1ccn2c(-c3ccc(C(=O)O)c(O)c3)cc(C#N)c2c1. The van der Waals surface area contributed by atoms with Gasteiger partial charge in [-0.2, -0.15) is 5.26 Å². The summed E-state index contributed by atoms with van der Waals surface area (Å²) in [6.07, 6.45) is 1.90. The van der Waals surface area contributed by atoms with Crippen LogP contribution in [-0.4, -0.2) is 20.6 Å². The molecule has 2 aromatic heterocycles. The molecule has 0 aliphatic rings. The van der Waals surface area contributed by atoms with Gasteiger partial charge >= 0.3 is 5.97 Å². The van der Waals surface area contributed by atoms with Crippen LogP contribution in [-0.2, 0) is 5.41 Å². The molecule has 0 bridgehead atoms. The van der Waals surface area contributed by atoms with Gasteiger partial charge in [-0.25, -0.2) is 4.79 Å². The second-order valence-corrected chi connectivity index (χ2v) is 7.01. The van der Waals surface area contributed by atoms with Gasteiger partial charge < -0.3 is 14.6 Å². The summed E-state index contributed by atoms with van der Waals surface area (Å²) in [6.45, 7) is 6.33. The third-order valence-corrected chi connectivity index (χ3v) is 4.28. The van der Waals surface area contributed by atoms with E-state index in [4.69, 9.17) is 5.11 Å². The number of benzene rings is 1. The van der Waals surface area contributed by atoms with Crippen LogP contribution in [0.2, 0.25) is 0 Å². The van der Waals surface area contributed by atoms with Gasteiger partial charge in [0.15, 0.2) is 0 Å². The van der Waals surface area contributed by atoms with E-state index in [9.17, 15) is 15.2 Å². The van der Waals surface area contributed by atoms with Crippen LogP contribution < -0.4 is 0 Å². The van der Waals surface area contributed by atoms with Gasteiger partial charge in [-0.1, -0.05) is 26.8 Å². The van der Waals surface area contributed by atoms with Crippen LogP contribution in [0, 0.1) is 11.3 Å². The zero-order valence-electron chi connectivity index (χ0n) is 14.2. The molecule has 0 aliphatic heterocycles. The number of pyridine rings is 1. The van der Waals surface area contributed by atoms with Crippen molar-refractivity contribution >= 4 is 11.5 Å². The number of phenols is 1. The van der Waals surface area contributed by atoms with Crippen molar-refractivity contribution in [1.29, 1.82) is 5.26 Å². The first-order chi connectivity index (χ1) is 11.7. The summed E-state index contributed by atoms with van der Waals surface area (Å²) >= 11 is 0. The number of nitriles is 1. The molecule has 0 aliphatic carbocycles. The lowest BCUT2D eigenvalue weighted by Crippen LogP contribution is -2.11. The van der Waals surface area contributed by atoms with E-state index in [0.29, 0.717) is 11.1 Å². The Bertz CT molecular complexity index is 1030. The maximum atomic E-state index is 11.1. The molecule has 3 rings (SSSR count). The molecule has 2 N–H and O–H groups in total. The molecule has 0 amide bonds. The Morgan fingerprint density at radius 3 is 2.44 bits per heavy atom. The molecule has 25 heavy (non-hydrogen) atoms. The fourth-order valence-electron chi connectivity index (χ4n) is 2.85. The van der Waals surface area contributed by atoms with Gasteiger partial charge in [0.05, 0.1) is 16.8 Å². The smallest absolute Gasteiger partial charge is 0.339 e. The van der Waals surface area contributed by atoms with Crippen molar-refractivity contribution in [2.24, 2.45) is 0 Å². The monoisotopic (exact) mass is 334 g/mol. The van der Waals surface area contributed by atoms with Crippen LogP contribution >= 0.6 is 0 Å². The lowest BCUT2D eigenvalue weighted by molar-refractivity contribution is 0.0694. The minimum Gasteiger partial charge on any atom is -0.507 e. The number of aromatic hydroxyl groups is 1. The lowest BCUT2D eigenvalue weighted by Gasteiger charge is -2.19. The van der Waals surface area contributed by atoms with Crippen LogP contribution in [0.4, 0.5) is 0 Å². The highest BCUT2D eigenvalue weighted by molar-refractivity contribution is 5.92. The second kappa shape index (κ2) is 5.67. The minimum atomic E-state index is -1.18. The highest BCUT2D eigenvalue weighted by Crippen LogP contribution is 2.32. The van der Waals surface area contributed by atoms with Gasteiger partial charge in [-0.3, -0.25) is 0 Å². The van der Waals surface area contributed by atoms with E-state index in [2.05, 4.69) is 26.8 Å². The molecule has 0 fully saturated rings. The van der Waals surface area contributed by atoms with Crippen molar-refractivity contribution in [2.45, 2.75) is 26.2 Å². The van der Waals surface area contributed by atoms with Crippen LogP contribution in [0.1, 0.15) is 42.3 Å². The Kier molecular flexibility index (Phi) is 3.77. The molecule has 2 heterocycles. The van der Waals surface area contributed by atoms with Gasteiger partial charge in [0.1, 0.15) is 17.4 Å². The van der Waals surface area contributed by atoms with E-state index in [1.807, 2.05) is 22.7 Å². The topological polar surface area (TPSA) is 85.7 Å². The Labute approximate surface area is 145 Å². The molecule has 0 radical (unpaired) electrons. The maximum Gasteiger partial charge on any atom is 0.339 e. The third kappa shape index (κ3) is 2.83. The fourth-order valence-corrected chi connectivity index (χ4v) is 2.85. The number of aromatic carboxylic acids is 1. The van der Waals surface area contributed by atoms with Crippen LogP contribution in [0.15, 0.2) is 42.6 Å². The predicted octanol–water partition coefficient (Wildman–Crippen LogP) is 4.18. The number of hydrogen-bond acceptors (Lipinski definition) is 3. The summed E-state index contributed by atoms with van der Waals surface area (Å²) in [7, 11) is 0. The van der Waals surface area contributed by atoms with Crippen molar-refractivity contribution < 1.29 is 15.0 Å². The van der Waals surface area contributed by atoms with E-state index in [1.54, 1.807) is 12.1 Å². The fraction of sp³-hybridized carbons (Fsp3) is 0.200. The van der Waals surface area contributed by atoms with Crippen LogP contribution in [0.3, 0.4) is 0 Å². The summed E-state index contributed by atoms with van der Waals surface area (Å²) < 4.78 is 1.88. The van der Waals surface area contributed by atoms with Crippen molar-refractivity contribution in [3.63, 3.8) is 0 Å². The van der Waals surface area contributed by atoms with Crippen LogP contribution in [0.25, 0.3) is 16.8 Å². The number of carboxylic acid groups (broad SMARTS) is 1. The molecule has 126 valence electrons. The van der Waals surface area contributed by atoms with Gasteiger partial charge in [0, 0.05) is 11.8 Å². The number of aromatic nitrogens is 1. The molecule has 0 unspecified atom stereocenters. The summed E-state index contributed by atoms with van der Waals surface area (Å²) in [5.74, 6) is -1.48. The molecule has 5 nitrogen and oxygen atoms in total. The minimum absolute atomic E-state index is 0.0414. The first-order valence-electron chi connectivity index (χ1n) is 7.85. The van der Waals surface area contributed by atoms with E-state index in [1.165, 1.54) is 12.1 Å². The highest BCUT2D eigenvalue weighted by atomic mass is 16.4. The molecule has 5 heteroatoms. The molecule has 0 saturated heterocycles. The summed E-state index contributed by atoms with van der Waals surface area (Å²) in [4.78, 5) is 11.1. The van der Waals surface area contributed by atoms with Crippen molar-refractivity contribution in [1.82, 2.24) is 4.40 Å². The van der Waals surface area contributed by atoms with Gasteiger partial charge in [0.25, 0.3) is 0 Å². The number of carboxylic acids is 1. The molecule has 3 aromatic rings. The Morgan fingerprint density at radius 2 is 1.88 bits per heavy atom. The van der Waals surface area contributed by atoms with E-state index < -0.39 is 5.97 Å². The van der Waals surface area contributed by atoms with Gasteiger partial charge in [-0.15, -0.1) is 0 Å². The lowest BCUT2D eigenvalue weighted by atomic mass is 9.87. The largest absolute Gasteiger partial charge is 0.507 e. The molecule has 0 spiro atoms. The number of fused-ring (bicyclic) bond motifs is 1. The molecule has 0 saturated carbocycles. The first-order valence-corrected chi connectivity index (χ1v) is 7.85.